The smallest absolute Gasteiger partial charge is 0.246 e. The second-order valence-electron chi connectivity index (χ2n) is 5.51. The van der Waals surface area contributed by atoms with E-state index in [9.17, 15) is 0 Å². The molecule has 5 nitrogen and oxygen atoms in total. The van der Waals surface area contributed by atoms with E-state index in [1.807, 2.05) is 23.8 Å². The Morgan fingerprint density at radius 2 is 1.95 bits per heavy atom. The van der Waals surface area contributed by atoms with E-state index in [4.69, 9.17) is 13.9 Å². The normalized spacial score (nSPS) is 12.2. The molecule has 1 aromatic carbocycles. The number of nitrogens with zero attached hydrogens (tertiary/aromatic N) is 2. The van der Waals surface area contributed by atoms with Gasteiger partial charge in [0.05, 0.1) is 12.9 Å². The Bertz CT molecular complexity index is 771. The van der Waals surface area contributed by atoms with Gasteiger partial charge in [-0.05, 0) is 31.5 Å². The molecule has 0 N–H and O–H groups in total. The Morgan fingerprint density at radius 1 is 1.18 bits per heavy atom. The molecular formula is C17H20N2O3. The van der Waals surface area contributed by atoms with Gasteiger partial charge in [0.25, 0.3) is 0 Å². The first-order chi connectivity index (χ1) is 10.6. The SMILES string of the molecule is COC(Cn1ccnc1)(OC)c1cc2cc(C)cc(C)c2o1. The number of methoxy groups -OCH3 is 2. The average molecular weight is 300 g/mol. The number of imidazole rings is 1. The fourth-order valence-corrected chi connectivity index (χ4v) is 2.81. The third-order valence-corrected chi connectivity index (χ3v) is 3.93. The summed E-state index contributed by atoms with van der Waals surface area (Å²) in [6, 6.07) is 6.19. The van der Waals surface area contributed by atoms with E-state index in [-0.39, 0.29) is 0 Å². The van der Waals surface area contributed by atoms with E-state index < -0.39 is 5.79 Å². The summed E-state index contributed by atoms with van der Waals surface area (Å²) >= 11 is 0. The number of benzene rings is 1. The molecule has 0 aliphatic rings. The van der Waals surface area contributed by atoms with E-state index in [1.54, 1.807) is 26.7 Å². The lowest BCUT2D eigenvalue weighted by atomic mass is 10.1. The molecule has 0 spiro atoms. The van der Waals surface area contributed by atoms with Crippen LogP contribution in [-0.2, 0) is 21.8 Å². The number of rotatable bonds is 5. The standard InChI is InChI=1S/C17H20N2O3/c1-12-7-13(2)16-14(8-12)9-15(22-16)17(20-3,21-4)10-19-6-5-18-11-19/h5-9,11H,10H2,1-4H3. The fraction of sp³-hybridized carbons (Fsp3) is 0.353. The topological polar surface area (TPSA) is 49.4 Å². The molecule has 0 aliphatic carbocycles. The zero-order valence-electron chi connectivity index (χ0n) is 13.3. The maximum absolute atomic E-state index is 6.07. The number of fused-ring (bicyclic) bond motifs is 1. The predicted molar refractivity (Wildman–Crippen MR) is 83.6 cm³/mol. The first-order valence-electron chi connectivity index (χ1n) is 7.15. The Kier molecular flexibility index (Phi) is 3.76. The van der Waals surface area contributed by atoms with Gasteiger partial charge in [-0.1, -0.05) is 11.6 Å². The van der Waals surface area contributed by atoms with Crippen LogP contribution in [0.2, 0.25) is 0 Å². The second kappa shape index (κ2) is 5.59. The predicted octanol–water partition coefficient (Wildman–Crippen LogP) is 3.39. The van der Waals surface area contributed by atoms with Crippen LogP contribution in [0.3, 0.4) is 0 Å². The Balaban J connectivity index is 2.10. The third-order valence-electron chi connectivity index (χ3n) is 3.93. The summed E-state index contributed by atoms with van der Waals surface area (Å²) in [6.07, 6.45) is 5.32. The number of aromatic nitrogens is 2. The van der Waals surface area contributed by atoms with E-state index in [1.165, 1.54) is 5.56 Å². The van der Waals surface area contributed by atoms with Crippen LogP contribution >= 0.6 is 0 Å². The Labute approximate surface area is 129 Å². The highest BCUT2D eigenvalue weighted by Crippen LogP contribution is 2.34. The first-order valence-corrected chi connectivity index (χ1v) is 7.15. The Morgan fingerprint density at radius 3 is 2.59 bits per heavy atom. The van der Waals surface area contributed by atoms with Crippen molar-refractivity contribution in [3.05, 3.63) is 53.8 Å². The highest BCUT2D eigenvalue weighted by Gasteiger charge is 2.37. The minimum atomic E-state index is -0.986. The van der Waals surface area contributed by atoms with Crippen LogP contribution < -0.4 is 0 Å². The number of ether oxygens (including phenoxy) is 2. The number of hydrogen-bond acceptors (Lipinski definition) is 4. The van der Waals surface area contributed by atoms with Gasteiger partial charge in [-0.15, -0.1) is 0 Å². The lowest BCUT2D eigenvalue weighted by Crippen LogP contribution is -2.35. The molecule has 0 amide bonds. The van der Waals surface area contributed by atoms with Crippen LogP contribution in [-0.4, -0.2) is 23.8 Å². The van der Waals surface area contributed by atoms with Crippen LogP contribution in [0.25, 0.3) is 11.0 Å². The van der Waals surface area contributed by atoms with Crippen molar-refractivity contribution < 1.29 is 13.9 Å². The molecule has 116 valence electrons. The molecule has 22 heavy (non-hydrogen) atoms. The van der Waals surface area contributed by atoms with Crippen molar-refractivity contribution in [3.63, 3.8) is 0 Å². The minimum Gasteiger partial charge on any atom is -0.455 e. The molecule has 3 aromatic rings. The summed E-state index contributed by atoms with van der Waals surface area (Å²) in [7, 11) is 3.23. The molecule has 0 saturated carbocycles. The minimum absolute atomic E-state index is 0.456. The third kappa shape index (κ3) is 2.42. The molecule has 0 atom stereocenters. The van der Waals surface area contributed by atoms with Crippen molar-refractivity contribution in [1.29, 1.82) is 0 Å². The largest absolute Gasteiger partial charge is 0.455 e. The van der Waals surface area contributed by atoms with Crippen molar-refractivity contribution in [3.8, 4) is 0 Å². The summed E-state index contributed by atoms with van der Waals surface area (Å²) in [5.74, 6) is -0.338. The van der Waals surface area contributed by atoms with Crippen molar-refractivity contribution in [1.82, 2.24) is 9.55 Å². The molecule has 2 heterocycles. The summed E-state index contributed by atoms with van der Waals surface area (Å²) in [5.41, 5.74) is 3.17. The lowest BCUT2D eigenvalue weighted by molar-refractivity contribution is -0.234. The lowest BCUT2D eigenvalue weighted by Gasteiger charge is -2.28. The van der Waals surface area contributed by atoms with Gasteiger partial charge < -0.3 is 18.5 Å². The summed E-state index contributed by atoms with van der Waals surface area (Å²) in [5, 5.41) is 1.05. The van der Waals surface area contributed by atoms with E-state index in [2.05, 4.69) is 24.0 Å². The van der Waals surface area contributed by atoms with E-state index in [0.29, 0.717) is 12.3 Å². The van der Waals surface area contributed by atoms with Crippen LogP contribution in [0.15, 0.2) is 41.3 Å². The molecule has 3 rings (SSSR count). The summed E-state index contributed by atoms with van der Waals surface area (Å²) in [6.45, 7) is 4.57. The number of aryl methyl sites for hydroxylation is 2. The maximum Gasteiger partial charge on any atom is 0.246 e. The molecule has 5 heteroatoms. The molecule has 2 aromatic heterocycles. The molecule has 0 radical (unpaired) electrons. The molecule has 0 fully saturated rings. The Hall–Kier alpha value is -2.11. The van der Waals surface area contributed by atoms with Gasteiger partial charge >= 0.3 is 0 Å². The zero-order chi connectivity index (χ0) is 15.7. The van der Waals surface area contributed by atoms with Gasteiger partial charge in [0.2, 0.25) is 5.79 Å². The van der Waals surface area contributed by atoms with Crippen molar-refractivity contribution in [2.75, 3.05) is 14.2 Å². The first kappa shape index (κ1) is 14.8. The van der Waals surface area contributed by atoms with Gasteiger partial charge in [0.15, 0.2) is 5.76 Å². The van der Waals surface area contributed by atoms with Crippen molar-refractivity contribution in [2.24, 2.45) is 0 Å². The highest BCUT2D eigenvalue weighted by molar-refractivity contribution is 5.82. The van der Waals surface area contributed by atoms with Crippen LogP contribution in [0.1, 0.15) is 16.9 Å². The van der Waals surface area contributed by atoms with Crippen LogP contribution in [0.4, 0.5) is 0 Å². The summed E-state index contributed by atoms with van der Waals surface area (Å²) in [4.78, 5) is 4.06. The van der Waals surface area contributed by atoms with Crippen LogP contribution in [0.5, 0.6) is 0 Å². The van der Waals surface area contributed by atoms with E-state index in [0.717, 1.165) is 16.5 Å². The molecule has 0 unspecified atom stereocenters. The van der Waals surface area contributed by atoms with Crippen LogP contribution in [0, 0.1) is 13.8 Å². The highest BCUT2D eigenvalue weighted by atomic mass is 16.7. The van der Waals surface area contributed by atoms with Crippen molar-refractivity contribution >= 4 is 11.0 Å². The second-order valence-corrected chi connectivity index (χ2v) is 5.51. The molecule has 0 bridgehead atoms. The van der Waals surface area contributed by atoms with Gasteiger partial charge in [-0.2, -0.15) is 0 Å². The van der Waals surface area contributed by atoms with E-state index >= 15 is 0 Å². The monoisotopic (exact) mass is 300 g/mol. The fourth-order valence-electron chi connectivity index (χ4n) is 2.81. The average Bonchev–Trinajstić information content (AvgIpc) is 3.14. The van der Waals surface area contributed by atoms with Gasteiger partial charge in [-0.3, -0.25) is 0 Å². The molecular weight excluding hydrogens is 280 g/mol. The molecule has 0 saturated heterocycles. The van der Waals surface area contributed by atoms with Crippen molar-refractivity contribution in [2.45, 2.75) is 26.2 Å². The van der Waals surface area contributed by atoms with Gasteiger partial charge in [0.1, 0.15) is 5.58 Å². The summed E-state index contributed by atoms with van der Waals surface area (Å²) < 4.78 is 19.3. The quantitative estimate of drug-likeness (QED) is 0.678. The molecule has 0 aliphatic heterocycles. The maximum atomic E-state index is 6.07. The number of hydrogen-bond donors (Lipinski definition) is 0. The van der Waals surface area contributed by atoms with Gasteiger partial charge in [0, 0.05) is 32.0 Å². The zero-order valence-corrected chi connectivity index (χ0v) is 13.3. The van der Waals surface area contributed by atoms with Gasteiger partial charge in [-0.25, -0.2) is 4.98 Å². The number of furan rings is 1.